The van der Waals surface area contributed by atoms with Crippen LogP contribution in [-0.4, -0.2) is 44.2 Å². The van der Waals surface area contributed by atoms with Gasteiger partial charge in [0, 0.05) is 0 Å². The first-order chi connectivity index (χ1) is 9.61. The minimum atomic E-state index is 0.104. The molecule has 3 atom stereocenters. The second-order valence-corrected chi connectivity index (χ2v) is 6.07. The number of rotatable bonds is 10. The van der Waals surface area contributed by atoms with E-state index in [-0.39, 0.29) is 18.3 Å². The van der Waals surface area contributed by atoms with Crippen LogP contribution in [0.15, 0.2) is 0 Å². The van der Waals surface area contributed by atoms with Crippen molar-refractivity contribution in [1.29, 1.82) is 0 Å². The number of ether oxygens (including phenoxy) is 3. The molecule has 0 saturated heterocycles. The van der Waals surface area contributed by atoms with Crippen molar-refractivity contribution in [3.63, 3.8) is 0 Å². The van der Waals surface area contributed by atoms with Crippen LogP contribution in [0.25, 0.3) is 0 Å². The smallest absolute Gasteiger partial charge is 0.0784 e. The summed E-state index contributed by atoms with van der Waals surface area (Å²) in [6.07, 6.45) is 8.21. The lowest BCUT2D eigenvalue weighted by molar-refractivity contribution is -0.0918. The molecule has 0 aliphatic heterocycles. The van der Waals surface area contributed by atoms with Crippen molar-refractivity contribution in [2.24, 2.45) is 5.73 Å². The van der Waals surface area contributed by atoms with Crippen LogP contribution in [0.4, 0.5) is 0 Å². The van der Waals surface area contributed by atoms with Crippen molar-refractivity contribution >= 4 is 0 Å². The number of hydrogen-bond donors (Lipinski definition) is 1. The van der Waals surface area contributed by atoms with Crippen LogP contribution in [-0.2, 0) is 14.2 Å². The lowest BCUT2D eigenvalue weighted by Gasteiger charge is -2.26. The highest BCUT2D eigenvalue weighted by molar-refractivity contribution is 4.67. The Morgan fingerprint density at radius 3 is 2.15 bits per heavy atom. The van der Waals surface area contributed by atoms with E-state index < -0.39 is 0 Å². The van der Waals surface area contributed by atoms with Gasteiger partial charge in [-0.1, -0.05) is 19.3 Å². The molecule has 0 aromatic carbocycles. The SMILES string of the molecule is CC(CCN)OCC(C)OCC(C)OC1CCCCC1. The van der Waals surface area contributed by atoms with Gasteiger partial charge in [-0.2, -0.15) is 0 Å². The monoisotopic (exact) mass is 287 g/mol. The zero-order valence-electron chi connectivity index (χ0n) is 13.5. The normalized spacial score (nSPS) is 21.6. The van der Waals surface area contributed by atoms with Crippen molar-refractivity contribution < 1.29 is 14.2 Å². The van der Waals surface area contributed by atoms with Crippen LogP contribution in [0.3, 0.4) is 0 Å². The van der Waals surface area contributed by atoms with Crippen LogP contribution in [0.1, 0.15) is 59.3 Å². The van der Waals surface area contributed by atoms with Crippen molar-refractivity contribution in [2.45, 2.75) is 83.7 Å². The van der Waals surface area contributed by atoms with Gasteiger partial charge < -0.3 is 19.9 Å². The zero-order chi connectivity index (χ0) is 14.8. The molecule has 2 N–H and O–H groups in total. The van der Waals surface area contributed by atoms with Gasteiger partial charge in [-0.15, -0.1) is 0 Å². The van der Waals surface area contributed by atoms with Gasteiger partial charge in [-0.25, -0.2) is 0 Å². The first kappa shape index (κ1) is 17.9. The molecule has 20 heavy (non-hydrogen) atoms. The highest BCUT2D eigenvalue weighted by atomic mass is 16.6. The van der Waals surface area contributed by atoms with Gasteiger partial charge in [0.15, 0.2) is 0 Å². The molecule has 0 aromatic rings. The molecule has 4 nitrogen and oxygen atoms in total. The summed E-state index contributed by atoms with van der Waals surface area (Å²) in [6.45, 7) is 8.13. The van der Waals surface area contributed by atoms with Crippen LogP contribution in [0.2, 0.25) is 0 Å². The molecule has 0 heterocycles. The molecule has 0 spiro atoms. The van der Waals surface area contributed by atoms with Crippen molar-refractivity contribution in [3.05, 3.63) is 0 Å². The molecule has 1 fully saturated rings. The Hall–Kier alpha value is -0.160. The van der Waals surface area contributed by atoms with Crippen LogP contribution >= 0.6 is 0 Å². The molecule has 3 unspecified atom stereocenters. The van der Waals surface area contributed by atoms with Gasteiger partial charge in [-0.05, 0) is 46.6 Å². The summed E-state index contributed by atoms with van der Waals surface area (Å²) in [7, 11) is 0. The largest absolute Gasteiger partial charge is 0.376 e. The topological polar surface area (TPSA) is 53.7 Å². The Bertz CT molecular complexity index is 232. The maximum absolute atomic E-state index is 6.02. The second kappa shape index (κ2) is 10.6. The Balaban J connectivity index is 2.05. The summed E-state index contributed by atoms with van der Waals surface area (Å²) in [5, 5.41) is 0. The minimum absolute atomic E-state index is 0.104. The van der Waals surface area contributed by atoms with Gasteiger partial charge in [0.25, 0.3) is 0 Å². The van der Waals surface area contributed by atoms with Crippen molar-refractivity contribution in [1.82, 2.24) is 0 Å². The van der Waals surface area contributed by atoms with Crippen molar-refractivity contribution in [3.8, 4) is 0 Å². The second-order valence-electron chi connectivity index (χ2n) is 6.07. The minimum Gasteiger partial charge on any atom is -0.376 e. The predicted molar refractivity (Wildman–Crippen MR) is 81.9 cm³/mol. The van der Waals surface area contributed by atoms with Gasteiger partial charge >= 0.3 is 0 Å². The van der Waals surface area contributed by atoms with E-state index in [1.54, 1.807) is 0 Å². The van der Waals surface area contributed by atoms with Gasteiger partial charge in [0.05, 0.1) is 37.6 Å². The third-order valence-electron chi connectivity index (χ3n) is 3.78. The third kappa shape index (κ3) is 8.20. The quantitative estimate of drug-likeness (QED) is 0.671. The summed E-state index contributed by atoms with van der Waals surface area (Å²) in [5.41, 5.74) is 5.50. The fourth-order valence-corrected chi connectivity index (χ4v) is 2.53. The van der Waals surface area contributed by atoms with Gasteiger partial charge in [-0.3, -0.25) is 0 Å². The summed E-state index contributed by atoms with van der Waals surface area (Å²) in [4.78, 5) is 0. The van der Waals surface area contributed by atoms with E-state index in [1.807, 2.05) is 13.8 Å². The number of hydrogen-bond acceptors (Lipinski definition) is 4. The standard InChI is InChI=1S/C16H33NO3/c1-13(9-10-17)18-11-14(2)19-12-15(3)20-16-7-5-4-6-8-16/h13-16H,4-12,17H2,1-3H3. The third-order valence-corrected chi connectivity index (χ3v) is 3.78. The maximum Gasteiger partial charge on any atom is 0.0784 e. The molecular weight excluding hydrogens is 254 g/mol. The van der Waals surface area contributed by atoms with E-state index in [9.17, 15) is 0 Å². The Kier molecular flexibility index (Phi) is 9.44. The predicted octanol–water partition coefficient (Wildman–Crippen LogP) is 2.88. The van der Waals surface area contributed by atoms with E-state index >= 15 is 0 Å². The average Bonchev–Trinajstić information content (AvgIpc) is 2.44. The summed E-state index contributed by atoms with van der Waals surface area (Å²) in [6, 6.07) is 0. The van der Waals surface area contributed by atoms with E-state index in [0.717, 1.165) is 6.42 Å². The fourth-order valence-electron chi connectivity index (χ4n) is 2.53. The highest BCUT2D eigenvalue weighted by Crippen LogP contribution is 2.21. The molecule has 4 heteroatoms. The zero-order valence-corrected chi connectivity index (χ0v) is 13.5. The molecule has 0 bridgehead atoms. The Labute approximate surface area is 124 Å². The first-order valence-corrected chi connectivity index (χ1v) is 8.20. The van der Waals surface area contributed by atoms with Crippen LogP contribution < -0.4 is 5.73 Å². The summed E-state index contributed by atoms with van der Waals surface area (Å²) < 4.78 is 17.5. The average molecular weight is 287 g/mol. The summed E-state index contributed by atoms with van der Waals surface area (Å²) in [5.74, 6) is 0. The van der Waals surface area contributed by atoms with E-state index in [1.165, 1.54) is 32.1 Å². The van der Waals surface area contributed by atoms with Gasteiger partial charge in [0.2, 0.25) is 0 Å². The molecule has 0 amide bonds. The molecule has 1 aliphatic rings. The fraction of sp³-hybridized carbons (Fsp3) is 1.00. The number of nitrogens with two attached hydrogens (primary N) is 1. The van der Waals surface area contributed by atoms with Crippen molar-refractivity contribution in [2.75, 3.05) is 19.8 Å². The molecule has 0 aromatic heterocycles. The molecule has 1 rings (SSSR count). The highest BCUT2D eigenvalue weighted by Gasteiger charge is 2.17. The Morgan fingerprint density at radius 2 is 1.50 bits per heavy atom. The lowest BCUT2D eigenvalue weighted by atomic mass is 9.98. The van der Waals surface area contributed by atoms with Gasteiger partial charge in [0.1, 0.15) is 0 Å². The van der Waals surface area contributed by atoms with E-state index in [2.05, 4.69) is 6.92 Å². The molecule has 1 saturated carbocycles. The van der Waals surface area contributed by atoms with E-state index in [0.29, 0.717) is 25.9 Å². The molecule has 0 radical (unpaired) electrons. The molecular formula is C16H33NO3. The summed E-state index contributed by atoms with van der Waals surface area (Å²) >= 11 is 0. The van der Waals surface area contributed by atoms with Crippen LogP contribution in [0, 0.1) is 0 Å². The Morgan fingerprint density at radius 1 is 0.900 bits per heavy atom. The molecule has 1 aliphatic carbocycles. The maximum atomic E-state index is 6.02. The molecule has 120 valence electrons. The first-order valence-electron chi connectivity index (χ1n) is 8.20. The van der Waals surface area contributed by atoms with E-state index in [4.69, 9.17) is 19.9 Å². The van der Waals surface area contributed by atoms with Crippen LogP contribution in [0.5, 0.6) is 0 Å². The lowest BCUT2D eigenvalue weighted by Crippen LogP contribution is -2.29.